The average molecular weight is 220 g/mol. The molecule has 1 heterocycles. The second kappa shape index (κ2) is 3.23. The van der Waals surface area contributed by atoms with Crippen LogP contribution in [0.1, 0.15) is 38.5 Å². The van der Waals surface area contributed by atoms with E-state index in [0.29, 0.717) is 5.54 Å². The van der Waals surface area contributed by atoms with E-state index in [1.807, 2.05) is 0 Å². The molecular formula is C14H24N2. The lowest BCUT2D eigenvalue weighted by Crippen LogP contribution is -2.69. The first-order chi connectivity index (χ1) is 7.77. The van der Waals surface area contributed by atoms with E-state index in [0.717, 1.165) is 23.8 Å². The molecule has 0 amide bonds. The molecule has 4 bridgehead atoms. The first-order valence-electron chi connectivity index (χ1n) is 7.20. The lowest BCUT2D eigenvalue weighted by atomic mass is 9.52. The molecule has 1 saturated heterocycles. The highest BCUT2D eigenvalue weighted by Gasteiger charge is 2.55. The highest BCUT2D eigenvalue weighted by molar-refractivity contribution is 5.10. The molecule has 0 radical (unpaired) electrons. The van der Waals surface area contributed by atoms with Crippen molar-refractivity contribution in [2.45, 2.75) is 50.1 Å². The smallest absolute Gasteiger partial charge is 0.0320 e. The van der Waals surface area contributed by atoms with Crippen LogP contribution in [0.5, 0.6) is 0 Å². The zero-order chi connectivity index (χ0) is 10.8. The fourth-order valence-electron chi connectivity index (χ4n) is 5.50. The minimum Gasteiger partial charge on any atom is -0.315 e. The van der Waals surface area contributed by atoms with Gasteiger partial charge in [0.1, 0.15) is 0 Å². The van der Waals surface area contributed by atoms with Crippen LogP contribution in [-0.2, 0) is 0 Å². The predicted molar refractivity (Wildman–Crippen MR) is 65.3 cm³/mol. The van der Waals surface area contributed by atoms with E-state index in [9.17, 15) is 0 Å². The third-order valence-electron chi connectivity index (χ3n) is 5.97. The van der Waals surface area contributed by atoms with Crippen LogP contribution in [0.4, 0.5) is 0 Å². The van der Waals surface area contributed by atoms with Gasteiger partial charge in [0.2, 0.25) is 0 Å². The van der Waals surface area contributed by atoms with Crippen LogP contribution in [0.3, 0.4) is 0 Å². The van der Waals surface area contributed by atoms with Gasteiger partial charge in [-0.3, -0.25) is 4.90 Å². The maximum Gasteiger partial charge on any atom is 0.0320 e. The molecule has 2 nitrogen and oxygen atoms in total. The van der Waals surface area contributed by atoms with Crippen LogP contribution in [-0.4, -0.2) is 36.6 Å². The summed E-state index contributed by atoms with van der Waals surface area (Å²) in [5.74, 6) is 3.29. The lowest BCUT2D eigenvalue weighted by Gasteiger charge is -2.64. The van der Waals surface area contributed by atoms with Crippen LogP contribution in [0, 0.1) is 17.8 Å². The van der Waals surface area contributed by atoms with E-state index in [-0.39, 0.29) is 0 Å². The Kier molecular flexibility index (Phi) is 2.00. The van der Waals surface area contributed by atoms with Gasteiger partial charge in [-0.25, -0.2) is 0 Å². The van der Waals surface area contributed by atoms with Gasteiger partial charge in [0.25, 0.3) is 0 Å². The Morgan fingerprint density at radius 2 is 1.44 bits per heavy atom. The van der Waals surface area contributed by atoms with E-state index in [1.54, 1.807) is 19.3 Å². The highest BCUT2D eigenvalue weighted by Crippen LogP contribution is 2.58. The van der Waals surface area contributed by atoms with Gasteiger partial charge < -0.3 is 5.32 Å². The third-order valence-corrected chi connectivity index (χ3v) is 5.97. The number of rotatable bonds is 2. The summed E-state index contributed by atoms with van der Waals surface area (Å²) >= 11 is 0. The second-order valence-electron chi connectivity index (χ2n) is 7.03. The molecular weight excluding hydrogens is 196 g/mol. The van der Waals surface area contributed by atoms with Crippen molar-refractivity contribution in [3.63, 3.8) is 0 Å². The number of likely N-dealkylation sites (N-methyl/N-ethyl adjacent to an activating group) is 1. The second-order valence-corrected chi connectivity index (χ2v) is 7.03. The Bertz CT molecular complexity index is 258. The molecule has 4 aliphatic carbocycles. The molecule has 5 rings (SSSR count). The number of nitrogens with zero attached hydrogens (tertiary/aromatic N) is 1. The summed E-state index contributed by atoms with van der Waals surface area (Å²) in [6.07, 6.45) is 9.33. The summed E-state index contributed by atoms with van der Waals surface area (Å²) in [5, 5.41) is 3.42. The first-order valence-corrected chi connectivity index (χ1v) is 7.20. The fraction of sp³-hybridized carbons (Fsp3) is 1.00. The average Bonchev–Trinajstić information content (AvgIpc) is 2.12. The van der Waals surface area contributed by atoms with E-state index in [4.69, 9.17) is 0 Å². The minimum atomic E-state index is 0.669. The SMILES string of the molecule is CNC1CN(C23CC4CC(CC(C4)C2)C3)C1. The van der Waals surface area contributed by atoms with Gasteiger partial charge >= 0.3 is 0 Å². The van der Waals surface area contributed by atoms with Crippen LogP contribution in [0.25, 0.3) is 0 Å². The van der Waals surface area contributed by atoms with Gasteiger partial charge in [-0.15, -0.1) is 0 Å². The molecule has 1 N–H and O–H groups in total. The zero-order valence-corrected chi connectivity index (χ0v) is 10.4. The lowest BCUT2D eigenvalue weighted by molar-refractivity contribution is -0.118. The Labute approximate surface area is 98.8 Å². The molecule has 90 valence electrons. The molecule has 16 heavy (non-hydrogen) atoms. The molecule has 5 fully saturated rings. The van der Waals surface area contributed by atoms with Gasteiger partial charge in [0.05, 0.1) is 0 Å². The number of hydrogen-bond donors (Lipinski definition) is 1. The maximum atomic E-state index is 3.42. The monoisotopic (exact) mass is 220 g/mol. The maximum absolute atomic E-state index is 3.42. The summed E-state index contributed by atoms with van der Waals surface area (Å²) < 4.78 is 0. The normalized spacial score (nSPS) is 51.9. The van der Waals surface area contributed by atoms with Crippen LogP contribution >= 0.6 is 0 Å². The molecule has 2 heteroatoms. The number of nitrogens with one attached hydrogen (secondary N) is 1. The molecule has 4 saturated carbocycles. The standard InChI is InChI=1S/C14H24N2/c1-15-13-8-16(9-13)14-5-10-2-11(6-14)4-12(3-10)7-14/h10-13,15H,2-9H2,1H3. The quantitative estimate of drug-likeness (QED) is 0.764. The molecule has 0 aromatic heterocycles. The van der Waals surface area contributed by atoms with E-state index in [2.05, 4.69) is 17.3 Å². The number of hydrogen-bond acceptors (Lipinski definition) is 2. The summed E-state index contributed by atoms with van der Waals surface area (Å²) in [6, 6.07) is 0.785. The van der Waals surface area contributed by atoms with Gasteiger partial charge in [0, 0.05) is 24.7 Å². The number of likely N-dealkylation sites (tertiary alicyclic amines) is 1. The van der Waals surface area contributed by atoms with E-state index in [1.165, 1.54) is 32.4 Å². The first kappa shape index (κ1) is 9.90. The van der Waals surface area contributed by atoms with Gasteiger partial charge in [-0.1, -0.05) is 0 Å². The fourth-order valence-corrected chi connectivity index (χ4v) is 5.50. The third kappa shape index (κ3) is 1.26. The van der Waals surface area contributed by atoms with Crippen LogP contribution < -0.4 is 5.32 Å². The molecule has 5 aliphatic rings. The summed E-state index contributed by atoms with van der Waals surface area (Å²) in [7, 11) is 2.11. The van der Waals surface area contributed by atoms with Crippen molar-refractivity contribution in [1.29, 1.82) is 0 Å². The van der Waals surface area contributed by atoms with Gasteiger partial charge in [-0.2, -0.15) is 0 Å². The van der Waals surface area contributed by atoms with Crippen molar-refractivity contribution >= 4 is 0 Å². The molecule has 1 aliphatic heterocycles. The Hall–Kier alpha value is -0.0800. The van der Waals surface area contributed by atoms with Crippen molar-refractivity contribution in [1.82, 2.24) is 10.2 Å². The summed E-state index contributed by atoms with van der Waals surface area (Å²) in [6.45, 7) is 2.64. The van der Waals surface area contributed by atoms with E-state index < -0.39 is 0 Å². The summed E-state index contributed by atoms with van der Waals surface area (Å²) in [5.41, 5.74) is 0.669. The molecule has 0 atom stereocenters. The van der Waals surface area contributed by atoms with E-state index >= 15 is 0 Å². The van der Waals surface area contributed by atoms with Crippen molar-refractivity contribution in [2.24, 2.45) is 17.8 Å². The molecule has 0 aromatic carbocycles. The molecule has 0 aromatic rings. The topological polar surface area (TPSA) is 15.3 Å². The Balaban J connectivity index is 1.54. The largest absolute Gasteiger partial charge is 0.315 e. The summed E-state index contributed by atoms with van der Waals surface area (Å²) in [4.78, 5) is 2.83. The van der Waals surface area contributed by atoms with Crippen molar-refractivity contribution < 1.29 is 0 Å². The van der Waals surface area contributed by atoms with Gasteiger partial charge in [-0.05, 0) is 63.3 Å². The Morgan fingerprint density at radius 1 is 0.938 bits per heavy atom. The minimum absolute atomic E-state index is 0.669. The molecule has 0 unspecified atom stereocenters. The predicted octanol–water partition coefficient (Wildman–Crippen LogP) is 1.86. The van der Waals surface area contributed by atoms with Crippen molar-refractivity contribution in [3.8, 4) is 0 Å². The zero-order valence-electron chi connectivity index (χ0n) is 10.4. The molecule has 0 spiro atoms. The Morgan fingerprint density at radius 3 is 1.88 bits per heavy atom. The van der Waals surface area contributed by atoms with Crippen molar-refractivity contribution in [2.75, 3.05) is 20.1 Å². The van der Waals surface area contributed by atoms with Crippen LogP contribution in [0.2, 0.25) is 0 Å². The van der Waals surface area contributed by atoms with Crippen molar-refractivity contribution in [3.05, 3.63) is 0 Å². The van der Waals surface area contributed by atoms with Crippen LogP contribution in [0.15, 0.2) is 0 Å². The van der Waals surface area contributed by atoms with Gasteiger partial charge in [0.15, 0.2) is 0 Å². The highest BCUT2D eigenvalue weighted by atomic mass is 15.3.